The lowest BCUT2D eigenvalue weighted by atomic mass is 9.98. The van der Waals surface area contributed by atoms with E-state index in [4.69, 9.17) is 0 Å². The summed E-state index contributed by atoms with van der Waals surface area (Å²) >= 11 is 1.75. The topological polar surface area (TPSA) is 49.8 Å². The molecule has 2 N–H and O–H groups in total. The molecule has 0 aliphatic carbocycles. The maximum atomic E-state index is 4.43. The molecule has 3 heterocycles. The summed E-state index contributed by atoms with van der Waals surface area (Å²) in [4.78, 5) is 11.2. The molecule has 102 valence electrons. The first-order valence-corrected chi connectivity index (χ1v) is 7.72. The van der Waals surface area contributed by atoms with Gasteiger partial charge in [0.15, 0.2) is 0 Å². The quantitative estimate of drug-likeness (QED) is 0.905. The van der Waals surface area contributed by atoms with Crippen LogP contribution in [0, 0.1) is 19.8 Å². The molecule has 4 nitrogen and oxygen atoms in total. The third kappa shape index (κ3) is 2.58. The number of nitrogens with zero attached hydrogens (tertiary/aromatic N) is 2. The monoisotopic (exact) mass is 276 g/mol. The van der Waals surface area contributed by atoms with E-state index in [1.54, 1.807) is 17.7 Å². The second kappa shape index (κ2) is 5.43. The smallest absolute Gasteiger partial charge is 0.138 e. The average molecular weight is 276 g/mol. The van der Waals surface area contributed by atoms with Gasteiger partial charge in [0, 0.05) is 11.4 Å². The van der Waals surface area contributed by atoms with Crippen LogP contribution in [0.5, 0.6) is 0 Å². The Morgan fingerprint density at radius 3 is 2.89 bits per heavy atom. The van der Waals surface area contributed by atoms with Crippen molar-refractivity contribution in [2.75, 3.05) is 25.0 Å². The van der Waals surface area contributed by atoms with Gasteiger partial charge in [-0.25, -0.2) is 9.97 Å². The molecule has 1 aliphatic rings. The van der Waals surface area contributed by atoms with Crippen molar-refractivity contribution in [3.05, 3.63) is 16.8 Å². The highest BCUT2D eigenvalue weighted by molar-refractivity contribution is 7.18. The Balaban J connectivity index is 1.80. The van der Waals surface area contributed by atoms with Gasteiger partial charge in [-0.15, -0.1) is 11.3 Å². The summed E-state index contributed by atoms with van der Waals surface area (Å²) in [5.41, 5.74) is 1.31. The fourth-order valence-electron chi connectivity index (χ4n) is 2.64. The minimum atomic E-state index is 0.756. The molecule has 0 atom stereocenters. The first-order chi connectivity index (χ1) is 9.25. The third-order valence-electron chi connectivity index (χ3n) is 3.98. The number of fused-ring (bicyclic) bond motifs is 1. The summed E-state index contributed by atoms with van der Waals surface area (Å²) in [6.07, 6.45) is 4.17. The van der Waals surface area contributed by atoms with Crippen LogP contribution in [-0.2, 0) is 0 Å². The number of rotatable bonds is 3. The first kappa shape index (κ1) is 12.8. The van der Waals surface area contributed by atoms with Crippen molar-refractivity contribution in [1.29, 1.82) is 0 Å². The number of thiophene rings is 1. The van der Waals surface area contributed by atoms with Gasteiger partial charge >= 0.3 is 0 Å². The lowest BCUT2D eigenvalue weighted by Gasteiger charge is -2.23. The summed E-state index contributed by atoms with van der Waals surface area (Å²) in [5.74, 6) is 1.76. The fraction of sp³-hybridized carbons (Fsp3) is 0.571. The Morgan fingerprint density at radius 2 is 2.11 bits per heavy atom. The van der Waals surface area contributed by atoms with E-state index in [1.807, 2.05) is 0 Å². The SMILES string of the molecule is Cc1sc2ncnc(NCC3CCNCC3)c2c1C. The number of hydrogen-bond donors (Lipinski definition) is 2. The minimum absolute atomic E-state index is 0.756. The molecule has 0 saturated carbocycles. The number of piperidine rings is 1. The van der Waals surface area contributed by atoms with E-state index in [2.05, 4.69) is 34.4 Å². The number of nitrogens with one attached hydrogen (secondary N) is 2. The molecule has 0 radical (unpaired) electrons. The molecule has 0 unspecified atom stereocenters. The zero-order chi connectivity index (χ0) is 13.2. The van der Waals surface area contributed by atoms with Gasteiger partial charge < -0.3 is 10.6 Å². The Kier molecular flexibility index (Phi) is 3.66. The number of anilines is 1. The maximum Gasteiger partial charge on any atom is 0.138 e. The predicted octanol–water partition coefficient (Wildman–Crippen LogP) is 2.72. The molecule has 1 saturated heterocycles. The van der Waals surface area contributed by atoms with Crippen LogP contribution in [0.2, 0.25) is 0 Å². The average Bonchev–Trinajstić information content (AvgIpc) is 2.74. The largest absolute Gasteiger partial charge is 0.369 e. The van der Waals surface area contributed by atoms with E-state index in [0.717, 1.165) is 36.2 Å². The molecule has 0 aromatic carbocycles. The summed E-state index contributed by atoms with van der Waals surface area (Å²) in [7, 11) is 0. The van der Waals surface area contributed by atoms with Gasteiger partial charge in [-0.3, -0.25) is 0 Å². The van der Waals surface area contributed by atoms with Crippen molar-refractivity contribution in [2.24, 2.45) is 5.92 Å². The molecule has 0 amide bonds. The number of aromatic nitrogens is 2. The van der Waals surface area contributed by atoms with E-state index in [-0.39, 0.29) is 0 Å². The van der Waals surface area contributed by atoms with Crippen LogP contribution in [0.1, 0.15) is 23.3 Å². The summed E-state index contributed by atoms with van der Waals surface area (Å²) in [6.45, 7) is 7.61. The lowest BCUT2D eigenvalue weighted by molar-refractivity contribution is 0.389. The molecule has 19 heavy (non-hydrogen) atoms. The van der Waals surface area contributed by atoms with Crippen LogP contribution in [0.3, 0.4) is 0 Å². The first-order valence-electron chi connectivity index (χ1n) is 6.91. The second-order valence-electron chi connectivity index (χ2n) is 5.26. The van der Waals surface area contributed by atoms with Gasteiger partial charge in [-0.05, 0) is 51.3 Å². The second-order valence-corrected chi connectivity index (χ2v) is 6.46. The lowest BCUT2D eigenvalue weighted by Crippen LogP contribution is -2.31. The standard InChI is InChI=1S/C14H20N4S/c1-9-10(2)19-14-12(9)13(17-8-18-14)16-7-11-3-5-15-6-4-11/h8,11,15H,3-7H2,1-2H3,(H,16,17,18). The van der Waals surface area contributed by atoms with Gasteiger partial charge in [-0.1, -0.05) is 0 Å². The zero-order valence-electron chi connectivity index (χ0n) is 11.5. The summed E-state index contributed by atoms with van der Waals surface area (Å²) in [6, 6.07) is 0. The van der Waals surface area contributed by atoms with Crippen LogP contribution in [-0.4, -0.2) is 29.6 Å². The molecule has 0 spiro atoms. The van der Waals surface area contributed by atoms with Gasteiger partial charge in [-0.2, -0.15) is 0 Å². The van der Waals surface area contributed by atoms with Crippen LogP contribution in [0.4, 0.5) is 5.82 Å². The Hall–Kier alpha value is -1.20. The Morgan fingerprint density at radius 1 is 1.32 bits per heavy atom. The van der Waals surface area contributed by atoms with Crippen molar-refractivity contribution in [2.45, 2.75) is 26.7 Å². The Bertz CT molecular complexity index is 572. The molecule has 3 rings (SSSR count). The molecule has 0 bridgehead atoms. The minimum Gasteiger partial charge on any atom is -0.369 e. The van der Waals surface area contributed by atoms with Crippen molar-refractivity contribution in [3.8, 4) is 0 Å². The highest BCUT2D eigenvalue weighted by atomic mass is 32.1. The number of aryl methyl sites for hydroxylation is 2. The van der Waals surface area contributed by atoms with Crippen LogP contribution in [0.25, 0.3) is 10.2 Å². The van der Waals surface area contributed by atoms with Crippen molar-refractivity contribution in [3.63, 3.8) is 0 Å². The van der Waals surface area contributed by atoms with Gasteiger partial charge in [0.2, 0.25) is 0 Å². The van der Waals surface area contributed by atoms with Crippen molar-refractivity contribution < 1.29 is 0 Å². The molecule has 1 fully saturated rings. The molecule has 5 heteroatoms. The van der Waals surface area contributed by atoms with Gasteiger partial charge in [0.05, 0.1) is 5.39 Å². The summed E-state index contributed by atoms with van der Waals surface area (Å²) < 4.78 is 0. The maximum absolute atomic E-state index is 4.43. The van der Waals surface area contributed by atoms with E-state index in [0.29, 0.717) is 0 Å². The van der Waals surface area contributed by atoms with Gasteiger partial charge in [0.25, 0.3) is 0 Å². The zero-order valence-corrected chi connectivity index (χ0v) is 12.3. The number of hydrogen-bond acceptors (Lipinski definition) is 5. The molecule has 1 aliphatic heterocycles. The van der Waals surface area contributed by atoms with Crippen LogP contribution >= 0.6 is 11.3 Å². The predicted molar refractivity (Wildman–Crippen MR) is 81.0 cm³/mol. The van der Waals surface area contributed by atoms with Gasteiger partial charge in [0.1, 0.15) is 17.0 Å². The van der Waals surface area contributed by atoms with E-state index in [1.165, 1.54) is 28.7 Å². The van der Waals surface area contributed by atoms with Crippen LogP contribution < -0.4 is 10.6 Å². The van der Waals surface area contributed by atoms with E-state index in [9.17, 15) is 0 Å². The fourth-order valence-corrected chi connectivity index (χ4v) is 3.64. The molecule has 2 aromatic heterocycles. The normalized spacial score (nSPS) is 16.9. The van der Waals surface area contributed by atoms with Crippen LogP contribution in [0.15, 0.2) is 6.33 Å². The Labute approximate surface area is 117 Å². The molecular formula is C14H20N4S. The van der Waals surface area contributed by atoms with Crippen molar-refractivity contribution in [1.82, 2.24) is 15.3 Å². The van der Waals surface area contributed by atoms with E-state index >= 15 is 0 Å². The van der Waals surface area contributed by atoms with E-state index < -0.39 is 0 Å². The molecule has 2 aromatic rings. The van der Waals surface area contributed by atoms with Crippen molar-refractivity contribution >= 4 is 27.4 Å². The highest BCUT2D eigenvalue weighted by Crippen LogP contribution is 2.32. The molecular weight excluding hydrogens is 256 g/mol. The third-order valence-corrected chi connectivity index (χ3v) is 5.10. The highest BCUT2D eigenvalue weighted by Gasteiger charge is 2.15. The summed E-state index contributed by atoms with van der Waals surface area (Å²) in [5, 5.41) is 8.15.